The summed E-state index contributed by atoms with van der Waals surface area (Å²) in [4.78, 5) is 7.89. The fourth-order valence-corrected chi connectivity index (χ4v) is 4.98. The summed E-state index contributed by atoms with van der Waals surface area (Å²) in [5.74, 6) is 1.86. The van der Waals surface area contributed by atoms with Crippen molar-refractivity contribution in [3.05, 3.63) is 0 Å². The van der Waals surface area contributed by atoms with Gasteiger partial charge in [0.2, 0.25) is 0 Å². The van der Waals surface area contributed by atoms with E-state index < -0.39 is 0 Å². The van der Waals surface area contributed by atoms with E-state index in [9.17, 15) is 0 Å². The maximum Gasteiger partial charge on any atom is 0.0120 e. The Morgan fingerprint density at radius 2 is 1.71 bits per heavy atom. The van der Waals surface area contributed by atoms with Crippen molar-refractivity contribution in [2.24, 2.45) is 11.8 Å². The van der Waals surface area contributed by atoms with Gasteiger partial charge < -0.3 is 20.0 Å². The van der Waals surface area contributed by atoms with Crippen molar-refractivity contribution in [1.29, 1.82) is 0 Å². The van der Waals surface area contributed by atoms with Crippen LogP contribution < -0.4 is 5.32 Å². The van der Waals surface area contributed by atoms with E-state index in [1.54, 1.807) is 0 Å². The second-order valence-corrected chi connectivity index (χ2v) is 8.78. The first-order valence-electron chi connectivity index (χ1n) is 10.5. The molecule has 0 aromatic carbocycles. The molecule has 3 aliphatic rings. The topological polar surface area (TPSA) is 21.8 Å². The molecule has 0 aromatic heterocycles. The van der Waals surface area contributed by atoms with Gasteiger partial charge in [0.1, 0.15) is 0 Å². The van der Waals surface area contributed by atoms with Crippen molar-refractivity contribution >= 4 is 0 Å². The van der Waals surface area contributed by atoms with Crippen LogP contribution >= 0.6 is 0 Å². The first-order chi connectivity index (χ1) is 11.7. The average molecular weight is 337 g/mol. The number of likely N-dealkylation sites (tertiary alicyclic amines) is 2. The third-order valence-electron chi connectivity index (χ3n) is 6.74. The minimum absolute atomic E-state index is 0.878. The summed E-state index contributed by atoms with van der Waals surface area (Å²) < 4.78 is 0. The molecule has 0 radical (unpaired) electrons. The predicted octanol–water partition coefficient (Wildman–Crippen LogP) is 2.11. The van der Waals surface area contributed by atoms with Gasteiger partial charge in [-0.25, -0.2) is 0 Å². The molecule has 3 fully saturated rings. The molecule has 3 heterocycles. The molecule has 3 saturated heterocycles. The highest BCUT2D eigenvalue weighted by Gasteiger charge is 2.27. The highest BCUT2D eigenvalue weighted by Crippen LogP contribution is 2.25. The lowest BCUT2D eigenvalue weighted by atomic mass is 9.91. The highest BCUT2D eigenvalue weighted by atomic mass is 15.2. The Labute approximate surface area is 149 Å². The molecule has 0 amide bonds. The first-order valence-corrected chi connectivity index (χ1v) is 10.5. The van der Waals surface area contributed by atoms with Crippen molar-refractivity contribution in [3.63, 3.8) is 0 Å². The fraction of sp³-hybridized carbons (Fsp3) is 1.00. The summed E-state index contributed by atoms with van der Waals surface area (Å²) in [5.41, 5.74) is 0. The highest BCUT2D eigenvalue weighted by molar-refractivity contribution is 4.83. The molecular formula is C20H40N4. The number of nitrogens with zero attached hydrogens (tertiary/aromatic N) is 3. The zero-order valence-electron chi connectivity index (χ0n) is 16.2. The lowest BCUT2D eigenvalue weighted by Crippen LogP contribution is -2.47. The van der Waals surface area contributed by atoms with Gasteiger partial charge >= 0.3 is 0 Å². The molecule has 0 spiro atoms. The number of hydrogen-bond acceptors (Lipinski definition) is 4. The number of hydrogen-bond donors (Lipinski definition) is 1. The molecule has 1 atom stereocenters. The van der Waals surface area contributed by atoms with Crippen molar-refractivity contribution in [3.8, 4) is 0 Å². The molecule has 0 bridgehead atoms. The molecule has 3 aliphatic heterocycles. The Morgan fingerprint density at radius 3 is 2.38 bits per heavy atom. The summed E-state index contributed by atoms with van der Waals surface area (Å²) in [6.45, 7) is 10.4. The minimum atomic E-state index is 0.878. The molecule has 0 saturated carbocycles. The molecule has 3 rings (SSSR count). The van der Waals surface area contributed by atoms with Crippen molar-refractivity contribution in [2.45, 2.75) is 51.0 Å². The Morgan fingerprint density at radius 1 is 0.958 bits per heavy atom. The van der Waals surface area contributed by atoms with Gasteiger partial charge in [-0.15, -0.1) is 0 Å². The standard InChI is InChI=1S/C20H40N4/c1-22-12-8-20(9-13-22)24-14-6-18(7-15-24)5-11-23(2)17-19-4-3-10-21-16-19/h18-21H,3-17H2,1-2H3. The van der Waals surface area contributed by atoms with Crippen LogP contribution in [0, 0.1) is 11.8 Å². The first kappa shape index (κ1) is 18.6. The van der Waals surface area contributed by atoms with Crippen molar-refractivity contribution in [2.75, 3.05) is 66.5 Å². The van der Waals surface area contributed by atoms with Crippen LogP contribution in [-0.4, -0.2) is 87.2 Å². The van der Waals surface area contributed by atoms with E-state index in [2.05, 4.69) is 34.1 Å². The van der Waals surface area contributed by atoms with E-state index in [0.717, 1.165) is 17.9 Å². The second-order valence-electron chi connectivity index (χ2n) is 8.78. The average Bonchev–Trinajstić information content (AvgIpc) is 2.62. The Kier molecular flexibility index (Phi) is 7.38. The molecular weight excluding hydrogens is 296 g/mol. The fourth-order valence-electron chi connectivity index (χ4n) is 4.98. The summed E-state index contributed by atoms with van der Waals surface area (Å²) in [5, 5.41) is 3.55. The van der Waals surface area contributed by atoms with Crippen LogP contribution in [0.15, 0.2) is 0 Å². The maximum absolute atomic E-state index is 3.55. The molecule has 0 aromatic rings. The van der Waals surface area contributed by atoms with Crippen LogP contribution in [0.25, 0.3) is 0 Å². The number of nitrogens with one attached hydrogen (secondary N) is 1. The Bertz CT molecular complexity index is 340. The van der Waals surface area contributed by atoms with Crippen LogP contribution in [0.5, 0.6) is 0 Å². The molecule has 1 unspecified atom stereocenters. The van der Waals surface area contributed by atoms with Gasteiger partial charge in [0, 0.05) is 12.6 Å². The van der Waals surface area contributed by atoms with Gasteiger partial charge in [0.25, 0.3) is 0 Å². The molecule has 24 heavy (non-hydrogen) atoms. The molecule has 4 nitrogen and oxygen atoms in total. The van der Waals surface area contributed by atoms with Crippen molar-refractivity contribution in [1.82, 2.24) is 20.0 Å². The molecule has 0 aliphatic carbocycles. The van der Waals surface area contributed by atoms with E-state index in [1.165, 1.54) is 97.3 Å². The van der Waals surface area contributed by atoms with Crippen LogP contribution in [-0.2, 0) is 0 Å². The third-order valence-corrected chi connectivity index (χ3v) is 6.74. The largest absolute Gasteiger partial charge is 0.316 e. The monoisotopic (exact) mass is 336 g/mol. The van der Waals surface area contributed by atoms with Gasteiger partial charge in [0.05, 0.1) is 0 Å². The van der Waals surface area contributed by atoms with Crippen LogP contribution in [0.3, 0.4) is 0 Å². The zero-order valence-corrected chi connectivity index (χ0v) is 16.2. The van der Waals surface area contributed by atoms with Crippen LogP contribution in [0.1, 0.15) is 44.9 Å². The zero-order chi connectivity index (χ0) is 16.8. The quantitative estimate of drug-likeness (QED) is 0.802. The lowest BCUT2D eigenvalue weighted by molar-refractivity contribution is 0.0810. The van der Waals surface area contributed by atoms with Gasteiger partial charge in [-0.2, -0.15) is 0 Å². The van der Waals surface area contributed by atoms with Gasteiger partial charge in [-0.05, 0) is 117 Å². The maximum atomic E-state index is 3.55. The lowest BCUT2D eigenvalue weighted by Gasteiger charge is -2.41. The van der Waals surface area contributed by atoms with Gasteiger partial charge in [-0.1, -0.05) is 0 Å². The number of rotatable bonds is 6. The van der Waals surface area contributed by atoms with E-state index in [0.29, 0.717) is 0 Å². The summed E-state index contributed by atoms with van der Waals surface area (Å²) in [6, 6.07) is 0.878. The molecule has 1 N–H and O–H groups in total. The Hall–Kier alpha value is -0.160. The van der Waals surface area contributed by atoms with Crippen LogP contribution in [0.4, 0.5) is 0 Å². The van der Waals surface area contributed by atoms with E-state index in [1.807, 2.05) is 0 Å². The summed E-state index contributed by atoms with van der Waals surface area (Å²) in [6.07, 6.45) is 9.85. The Balaban J connectivity index is 1.29. The summed E-state index contributed by atoms with van der Waals surface area (Å²) in [7, 11) is 4.60. The third kappa shape index (κ3) is 5.69. The minimum Gasteiger partial charge on any atom is -0.316 e. The molecule has 140 valence electrons. The smallest absolute Gasteiger partial charge is 0.0120 e. The summed E-state index contributed by atoms with van der Waals surface area (Å²) >= 11 is 0. The van der Waals surface area contributed by atoms with Crippen molar-refractivity contribution < 1.29 is 0 Å². The van der Waals surface area contributed by atoms with E-state index in [4.69, 9.17) is 0 Å². The van der Waals surface area contributed by atoms with Crippen LogP contribution in [0.2, 0.25) is 0 Å². The SMILES string of the molecule is CN1CCC(N2CCC(CCN(C)CC3CCCNC3)CC2)CC1. The van der Waals surface area contributed by atoms with E-state index >= 15 is 0 Å². The predicted molar refractivity (Wildman–Crippen MR) is 103 cm³/mol. The van der Waals surface area contributed by atoms with Gasteiger partial charge in [-0.3, -0.25) is 0 Å². The van der Waals surface area contributed by atoms with E-state index in [-0.39, 0.29) is 0 Å². The number of piperidine rings is 3. The second kappa shape index (κ2) is 9.51. The van der Waals surface area contributed by atoms with Gasteiger partial charge in [0.15, 0.2) is 0 Å². The normalized spacial score (nSPS) is 29.4. The molecule has 4 heteroatoms.